The summed E-state index contributed by atoms with van der Waals surface area (Å²) in [6.45, 7) is 15.3. The van der Waals surface area contributed by atoms with E-state index >= 15 is 0 Å². The Labute approximate surface area is 106 Å². The van der Waals surface area contributed by atoms with Gasteiger partial charge >= 0.3 is 0 Å². The molecule has 0 N–H and O–H groups in total. The molecule has 0 aromatic rings. The van der Waals surface area contributed by atoms with E-state index in [-0.39, 0.29) is 0 Å². The van der Waals surface area contributed by atoms with Crippen molar-refractivity contribution in [1.29, 1.82) is 0 Å². The van der Waals surface area contributed by atoms with Gasteiger partial charge in [-0.3, -0.25) is 4.90 Å². The predicted molar refractivity (Wildman–Crippen MR) is 73.4 cm³/mol. The molecule has 0 unspecified atom stereocenters. The zero-order valence-electron chi connectivity index (χ0n) is 11.2. The van der Waals surface area contributed by atoms with Crippen molar-refractivity contribution in [1.82, 2.24) is 4.90 Å². The van der Waals surface area contributed by atoms with Crippen LogP contribution in [0.5, 0.6) is 0 Å². The molecule has 0 saturated carbocycles. The minimum absolute atomic E-state index is 0.634. The third-order valence-electron chi connectivity index (χ3n) is 2.40. The summed E-state index contributed by atoms with van der Waals surface area (Å²) in [5.41, 5.74) is 0. The Bertz CT molecular complexity index is 167. The largest absolute Gasteiger partial charge is 0.376 e. The molecule has 0 spiro atoms. The van der Waals surface area contributed by atoms with E-state index in [1.165, 1.54) is 12.8 Å². The first kappa shape index (κ1) is 16.4. The lowest BCUT2D eigenvalue weighted by Crippen LogP contribution is -2.32. The van der Waals surface area contributed by atoms with Gasteiger partial charge in [0.15, 0.2) is 0 Å². The summed E-state index contributed by atoms with van der Waals surface area (Å²) in [6, 6.07) is 0. The molecule has 0 saturated heterocycles. The van der Waals surface area contributed by atoms with Crippen LogP contribution in [-0.4, -0.2) is 51.0 Å². The van der Waals surface area contributed by atoms with Crippen LogP contribution in [0.3, 0.4) is 0 Å². The topological polar surface area (TPSA) is 21.7 Å². The Morgan fingerprint density at radius 1 is 0.941 bits per heavy atom. The van der Waals surface area contributed by atoms with Crippen LogP contribution in [0, 0.1) is 0 Å². The minimum Gasteiger partial charge on any atom is -0.376 e. The van der Waals surface area contributed by atoms with E-state index in [0.717, 1.165) is 32.8 Å². The van der Waals surface area contributed by atoms with Gasteiger partial charge in [-0.2, -0.15) is 0 Å². The summed E-state index contributed by atoms with van der Waals surface area (Å²) in [6.07, 6.45) is 6.01. The van der Waals surface area contributed by atoms with Gasteiger partial charge in [-0.05, 0) is 13.0 Å². The molecule has 3 nitrogen and oxygen atoms in total. The number of rotatable bonds is 13. The summed E-state index contributed by atoms with van der Waals surface area (Å²) in [4.78, 5) is 2.38. The highest BCUT2D eigenvalue weighted by Crippen LogP contribution is 1.95. The zero-order chi connectivity index (χ0) is 12.8. The van der Waals surface area contributed by atoms with Crippen molar-refractivity contribution < 1.29 is 9.47 Å². The van der Waals surface area contributed by atoms with Crippen LogP contribution < -0.4 is 0 Å². The Hall–Kier alpha value is -0.640. The summed E-state index contributed by atoms with van der Waals surface area (Å²) >= 11 is 0. The Balaban J connectivity index is 3.62. The summed E-state index contributed by atoms with van der Waals surface area (Å²) < 4.78 is 10.8. The molecule has 0 aromatic heterocycles. The zero-order valence-corrected chi connectivity index (χ0v) is 11.2. The third kappa shape index (κ3) is 11.6. The van der Waals surface area contributed by atoms with E-state index in [9.17, 15) is 0 Å². The maximum atomic E-state index is 5.40. The van der Waals surface area contributed by atoms with Crippen molar-refractivity contribution in [2.75, 3.05) is 46.1 Å². The Morgan fingerprint density at radius 2 is 1.47 bits per heavy atom. The number of hydrogen-bond donors (Lipinski definition) is 0. The molecular formula is C14H27NO2. The van der Waals surface area contributed by atoms with Gasteiger partial charge < -0.3 is 9.47 Å². The van der Waals surface area contributed by atoms with Crippen molar-refractivity contribution in [2.45, 2.75) is 19.8 Å². The first-order chi connectivity index (χ1) is 8.35. The fraction of sp³-hybridized carbons (Fsp3) is 0.714. The molecule has 0 aromatic carbocycles. The maximum Gasteiger partial charge on any atom is 0.0645 e. The monoisotopic (exact) mass is 241 g/mol. The molecule has 0 atom stereocenters. The molecule has 0 aliphatic heterocycles. The van der Waals surface area contributed by atoms with Crippen LogP contribution in [0.15, 0.2) is 25.3 Å². The SMILES string of the molecule is C=CCOCCN(CCCC)CCOCC=C. The molecule has 17 heavy (non-hydrogen) atoms. The average Bonchev–Trinajstić information content (AvgIpc) is 2.35. The second-order valence-electron chi connectivity index (χ2n) is 3.92. The molecule has 0 aliphatic rings. The number of nitrogens with zero attached hydrogens (tertiary/aromatic N) is 1. The third-order valence-corrected chi connectivity index (χ3v) is 2.40. The molecule has 0 heterocycles. The first-order valence-corrected chi connectivity index (χ1v) is 6.44. The minimum atomic E-state index is 0.634. The van der Waals surface area contributed by atoms with E-state index in [2.05, 4.69) is 25.0 Å². The van der Waals surface area contributed by atoms with Crippen molar-refractivity contribution in [3.05, 3.63) is 25.3 Å². The highest BCUT2D eigenvalue weighted by molar-refractivity contribution is 4.66. The molecule has 0 amide bonds. The molecule has 0 aliphatic carbocycles. The van der Waals surface area contributed by atoms with Crippen molar-refractivity contribution in [3.63, 3.8) is 0 Å². The maximum absolute atomic E-state index is 5.40. The normalized spacial score (nSPS) is 10.7. The molecule has 100 valence electrons. The van der Waals surface area contributed by atoms with Gasteiger partial charge in [-0.1, -0.05) is 25.5 Å². The fourth-order valence-corrected chi connectivity index (χ4v) is 1.44. The van der Waals surface area contributed by atoms with E-state index in [1.807, 2.05) is 0 Å². The van der Waals surface area contributed by atoms with Gasteiger partial charge in [0.2, 0.25) is 0 Å². The van der Waals surface area contributed by atoms with Crippen LogP contribution in [0.2, 0.25) is 0 Å². The van der Waals surface area contributed by atoms with Crippen molar-refractivity contribution >= 4 is 0 Å². The second kappa shape index (κ2) is 13.4. The molecule has 0 radical (unpaired) electrons. The predicted octanol–water partition coefficient (Wildman–Crippen LogP) is 2.49. The van der Waals surface area contributed by atoms with E-state index in [4.69, 9.17) is 9.47 Å². The van der Waals surface area contributed by atoms with E-state index < -0.39 is 0 Å². The van der Waals surface area contributed by atoms with Crippen LogP contribution in [0.1, 0.15) is 19.8 Å². The summed E-state index contributed by atoms with van der Waals surface area (Å²) in [5.74, 6) is 0. The lowest BCUT2D eigenvalue weighted by atomic mass is 10.3. The number of ether oxygens (including phenoxy) is 2. The van der Waals surface area contributed by atoms with Crippen molar-refractivity contribution in [2.24, 2.45) is 0 Å². The molecular weight excluding hydrogens is 214 g/mol. The number of unbranched alkanes of at least 4 members (excludes halogenated alkanes) is 1. The van der Waals surface area contributed by atoms with Crippen LogP contribution >= 0.6 is 0 Å². The van der Waals surface area contributed by atoms with E-state index in [0.29, 0.717) is 13.2 Å². The Morgan fingerprint density at radius 3 is 1.88 bits per heavy atom. The lowest BCUT2D eigenvalue weighted by molar-refractivity contribution is 0.0915. The number of hydrogen-bond acceptors (Lipinski definition) is 3. The molecule has 0 rings (SSSR count). The van der Waals surface area contributed by atoms with Crippen LogP contribution in [0.4, 0.5) is 0 Å². The fourth-order valence-electron chi connectivity index (χ4n) is 1.44. The molecule has 0 bridgehead atoms. The van der Waals surface area contributed by atoms with Crippen LogP contribution in [0.25, 0.3) is 0 Å². The highest BCUT2D eigenvalue weighted by atomic mass is 16.5. The quantitative estimate of drug-likeness (QED) is 0.365. The summed E-state index contributed by atoms with van der Waals surface area (Å²) in [5, 5.41) is 0. The Kier molecular flexibility index (Phi) is 12.9. The molecule has 0 fully saturated rings. The molecule has 3 heteroatoms. The van der Waals surface area contributed by atoms with Gasteiger partial charge in [0.1, 0.15) is 0 Å². The highest BCUT2D eigenvalue weighted by Gasteiger charge is 2.03. The van der Waals surface area contributed by atoms with Gasteiger partial charge in [0.05, 0.1) is 26.4 Å². The smallest absolute Gasteiger partial charge is 0.0645 e. The van der Waals surface area contributed by atoms with E-state index in [1.54, 1.807) is 12.2 Å². The van der Waals surface area contributed by atoms with Gasteiger partial charge in [-0.25, -0.2) is 0 Å². The lowest BCUT2D eigenvalue weighted by Gasteiger charge is -2.21. The van der Waals surface area contributed by atoms with Crippen molar-refractivity contribution in [3.8, 4) is 0 Å². The summed E-state index contributed by atoms with van der Waals surface area (Å²) in [7, 11) is 0. The van der Waals surface area contributed by atoms with Crippen LogP contribution in [-0.2, 0) is 9.47 Å². The second-order valence-corrected chi connectivity index (χ2v) is 3.92. The average molecular weight is 241 g/mol. The first-order valence-electron chi connectivity index (χ1n) is 6.44. The van der Waals surface area contributed by atoms with Gasteiger partial charge in [-0.15, -0.1) is 13.2 Å². The van der Waals surface area contributed by atoms with Gasteiger partial charge in [0, 0.05) is 13.1 Å². The van der Waals surface area contributed by atoms with Gasteiger partial charge in [0.25, 0.3) is 0 Å². The standard InChI is InChI=1S/C14H27NO2/c1-4-7-8-15(9-13-16-11-5-2)10-14-17-12-6-3/h5-6H,2-4,7-14H2,1H3.